The average Bonchev–Trinajstić information content (AvgIpc) is 3.04. The third kappa shape index (κ3) is 4.43. The smallest absolute Gasteiger partial charge is 0.274 e. The Balaban J connectivity index is 1.62. The molecule has 0 radical (unpaired) electrons. The summed E-state index contributed by atoms with van der Waals surface area (Å²) < 4.78 is 42.2. The lowest BCUT2D eigenvalue weighted by Crippen LogP contribution is -2.46. The van der Waals surface area contributed by atoms with Crippen LogP contribution in [0.3, 0.4) is 0 Å². The van der Waals surface area contributed by atoms with Gasteiger partial charge in [-0.2, -0.15) is 17.8 Å². The van der Waals surface area contributed by atoms with E-state index in [0.717, 1.165) is 19.3 Å². The predicted molar refractivity (Wildman–Crippen MR) is 89.7 cm³/mol. The zero-order valence-corrected chi connectivity index (χ0v) is 14.4. The van der Waals surface area contributed by atoms with Crippen LogP contribution < -0.4 is 4.72 Å². The molecule has 2 aromatic rings. The summed E-state index contributed by atoms with van der Waals surface area (Å²) in [7, 11) is -3.80. The van der Waals surface area contributed by atoms with E-state index < -0.39 is 16.1 Å². The third-order valence-corrected chi connectivity index (χ3v) is 5.51. The van der Waals surface area contributed by atoms with Crippen LogP contribution in [-0.4, -0.2) is 41.5 Å². The van der Waals surface area contributed by atoms with E-state index in [4.69, 9.17) is 0 Å². The Labute approximate surface area is 145 Å². The van der Waals surface area contributed by atoms with E-state index in [-0.39, 0.29) is 12.2 Å². The number of aromatic nitrogens is 2. The number of benzene rings is 1. The second kappa shape index (κ2) is 7.32. The number of carbonyl (C=O) groups is 1. The van der Waals surface area contributed by atoms with E-state index in [0.29, 0.717) is 24.5 Å². The highest BCUT2D eigenvalue weighted by Crippen LogP contribution is 2.12. The van der Waals surface area contributed by atoms with E-state index in [1.54, 1.807) is 24.4 Å². The molecule has 2 heterocycles. The minimum Gasteiger partial charge on any atom is -0.274 e. The van der Waals surface area contributed by atoms with E-state index in [9.17, 15) is 17.6 Å². The molecule has 1 aliphatic rings. The summed E-state index contributed by atoms with van der Waals surface area (Å²) in [5.41, 5.74) is 1.07. The van der Waals surface area contributed by atoms with Gasteiger partial charge < -0.3 is 0 Å². The molecule has 7 nitrogen and oxygen atoms in total. The molecule has 0 saturated carbocycles. The van der Waals surface area contributed by atoms with Crippen molar-refractivity contribution in [3.05, 3.63) is 48.0 Å². The summed E-state index contributed by atoms with van der Waals surface area (Å²) in [4.78, 5) is 12.0. The first kappa shape index (κ1) is 17.6. The molecule has 1 aromatic carbocycles. The summed E-state index contributed by atoms with van der Waals surface area (Å²) in [6.07, 6.45) is 4.09. The standard InChI is InChI=1S/C16H19FN4O3S/c17-13-4-6-15(7-5-13)21-11-8-14(18-21)12-16(22)19-25(23,24)20-9-2-1-3-10-20/h4-8,11H,1-3,9-10,12H2,(H,19,22). The fourth-order valence-corrected chi connectivity index (χ4v) is 3.94. The fraction of sp³-hybridized carbons (Fsp3) is 0.375. The first-order valence-corrected chi connectivity index (χ1v) is 9.49. The Kier molecular flexibility index (Phi) is 5.14. The summed E-state index contributed by atoms with van der Waals surface area (Å²) in [5.74, 6) is -0.978. The number of carbonyl (C=O) groups excluding carboxylic acids is 1. The van der Waals surface area contributed by atoms with E-state index in [2.05, 4.69) is 9.82 Å². The van der Waals surface area contributed by atoms with Gasteiger partial charge in [-0.3, -0.25) is 4.79 Å². The minimum atomic E-state index is -3.80. The van der Waals surface area contributed by atoms with Gasteiger partial charge in [0.15, 0.2) is 0 Å². The van der Waals surface area contributed by atoms with Crippen LogP contribution in [0.25, 0.3) is 5.69 Å². The van der Waals surface area contributed by atoms with Gasteiger partial charge in [-0.1, -0.05) is 6.42 Å². The van der Waals surface area contributed by atoms with Crippen LogP contribution in [0.5, 0.6) is 0 Å². The maximum Gasteiger partial charge on any atom is 0.303 e. The SMILES string of the molecule is O=C(Cc1ccn(-c2ccc(F)cc2)n1)NS(=O)(=O)N1CCCCC1. The molecular formula is C16H19FN4O3S. The first-order chi connectivity index (χ1) is 11.9. The predicted octanol–water partition coefficient (Wildman–Crippen LogP) is 1.40. The average molecular weight is 366 g/mol. The molecule has 0 aliphatic carbocycles. The number of piperidine rings is 1. The molecule has 1 aliphatic heterocycles. The van der Waals surface area contributed by atoms with Gasteiger partial charge in [0.2, 0.25) is 5.91 Å². The monoisotopic (exact) mass is 366 g/mol. The van der Waals surface area contributed by atoms with E-state index in [1.165, 1.54) is 21.1 Å². The van der Waals surface area contributed by atoms with Crippen LogP contribution in [0.4, 0.5) is 4.39 Å². The van der Waals surface area contributed by atoms with Crippen LogP contribution in [0.1, 0.15) is 25.0 Å². The van der Waals surface area contributed by atoms with Crippen LogP contribution in [0.15, 0.2) is 36.5 Å². The highest BCUT2D eigenvalue weighted by atomic mass is 32.2. The summed E-state index contributed by atoms with van der Waals surface area (Å²) in [5, 5.41) is 4.22. The van der Waals surface area contributed by atoms with Gasteiger partial charge in [0, 0.05) is 19.3 Å². The third-order valence-electron chi connectivity index (χ3n) is 3.97. The molecule has 0 unspecified atom stereocenters. The molecular weight excluding hydrogens is 347 g/mol. The Morgan fingerprint density at radius 3 is 2.48 bits per heavy atom. The zero-order chi connectivity index (χ0) is 17.9. The highest BCUT2D eigenvalue weighted by Gasteiger charge is 2.25. The van der Waals surface area contributed by atoms with Crippen LogP contribution in [0, 0.1) is 5.82 Å². The van der Waals surface area contributed by atoms with Gasteiger partial charge in [0.1, 0.15) is 5.82 Å². The highest BCUT2D eigenvalue weighted by molar-refractivity contribution is 7.87. The van der Waals surface area contributed by atoms with Gasteiger partial charge in [-0.15, -0.1) is 0 Å². The molecule has 25 heavy (non-hydrogen) atoms. The number of hydrogen-bond donors (Lipinski definition) is 1. The second-order valence-electron chi connectivity index (χ2n) is 5.89. The molecule has 1 saturated heterocycles. The van der Waals surface area contributed by atoms with Gasteiger partial charge >= 0.3 is 10.2 Å². The van der Waals surface area contributed by atoms with Gasteiger partial charge in [0.25, 0.3) is 0 Å². The number of halogens is 1. The van der Waals surface area contributed by atoms with E-state index in [1.807, 2.05) is 0 Å². The van der Waals surface area contributed by atoms with E-state index >= 15 is 0 Å². The number of rotatable bonds is 5. The zero-order valence-electron chi connectivity index (χ0n) is 13.6. The summed E-state index contributed by atoms with van der Waals surface area (Å²) in [6.45, 7) is 0.865. The summed E-state index contributed by atoms with van der Waals surface area (Å²) >= 11 is 0. The topological polar surface area (TPSA) is 84.3 Å². The normalized spacial score (nSPS) is 15.9. The van der Waals surface area contributed by atoms with Crippen molar-refractivity contribution in [1.29, 1.82) is 0 Å². The number of nitrogens with zero attached hydrogens (tertiary/aromatic N) is 3. The van der Waals surface area contributed by atoms with Crippen molar-refractivity contribution in [2.75, 3.05) is 13.1 Å². The Hall–Kier alpha value is -2.26. The molecule has 0 bridgehead atoms. The number of hydrogen-bond acceptors (Lipinski definition) is 4. The lowest BCUT2D eigenvalue weighted by atomic mass is 10.2. The molecule has 3 rings (SSSR count). The Bertz CT molecular complexity index is 843. The van der Waals surface area contributed by atoms with Gasteiger partial charge in [0.05, 0.1) is 17.8 Å². The van der Waals surface area contributed by atoms with Crippen molar-refractivity contribution in [1.82, 2.24) is 18.8 Å². The molecule has 0 atom stereocenters. The molecule has 9 heteroatoms. The summed E-state index contributed by atoms with van der Waals surface area (Å²) in [6, 6.07) is 7.37. The first-order valence-electron chi connectivity index (χ1n) is 8.05. The van der Waals surface area contributed by atoms with Crippen LogP contribution in [-0.2, 0) is 21.4 Å². The molecule has 1 aromatic heterocycles. The molecule has 1 N–H and O–H groups in total. The van der Waals surface area contributed by atoms with Gasteiger partial charge in [-0.05, 0) is 43.2 Å². The maximum absolute atomic E-state index is 12.9. The molecule has 134 valence electrons. The minimum absolute atomic E-state index is 0.152. The number of nitrogens with one attached hydrogen (secondary N) is 1. The van der Waals surface area contributed by atoms with Crippen molar-refractivity contribution in [3.8, 4) is 5.69 Å². The van der Waals surface area contributed by atoms with Crippen molar-refractivity contribution in [2.24, 2.45) is 0 Å². The van der Waals surface area contributed by atoms with Crippen molar-refractivity contribution in [2.45, 2.75) is 25.7 Å². The van der Waals surface area contributed by atoms with Crippen LogP contribution in [0.2, 0.25) is 0 Å². The lowest BCUT2D eigenvalue weighted by molar-refractivity contribution is -0.118. The fourth-order valence-electron chi connectivity index (χ4n) is 2.71. The van der Waals surface area contributed by atoms with Crippen molar-refractivity contribution in [3.63, 3.8) is 0 Å². The van der Waals surface area contributed by atoms with Gasteiger partial charge in [-0.25, -0.2) is 13.8 Å². The molecule has 0 spiro atoms. The van der Waals surface area contributed by atoms with Crippen molar-refractivity contribution >= 4 is 16.1 Å². The second-order valence-corrected chi connectivity index (χ2v) is 7.57. The quantitative estimate of drug-likeness (QED) is 0.867. The molecule has 1 amide bonds. The van der Waals surface area contributed by atoms with Crippen molar-refractivity contribution < 1.29 is 17.6 Å². The molecule has 1 fully saturated rings. The maximum atomic E-state index is 12.9. The lowest BCUT2D eigenvalue weighted by Gasteiger charge is -2.25. The largest absolute Gasteiger partial charge is 0.303 e. The Morgan fingerprint density at radius 1 is 1.12 bits per heavy atom. The van der Waals surface area contributed by atoms with Crippen LogP contribution >= 0.6 is 0 Å². The Morgan fingerprint density at radius 2 is 1.80 bits per heavy atom. The number of amides is 1.